The molecule has 0 spiro atoms. The van der Waals surface area contributed by atoms with E-state index in [1.54, 1.807) is 0 Å². The third-order valence-electron chi connectivity index (χ3n) is 4.70. The van der Waals surface area contributed by atoms with Gasteiger partial charge in [0.25, 0.3) is 0 Å². The standard InChI is InChI=1S/C16H30N2O3/c1-2-20-14(12-5-3-4-6-12)9-10-18-16(19)15-8-7-13(11-17)21-15/h12-15H,2-11,17H2,1H3,(H,18,19)/t13-,14?,15+/m1/s1. The molecule has 0 aromatic heterocycles. The molecule has 2 rings (SSSR count). The zero-order valence-electron chi connectivity index (χ0n) is 13.2. The van der Waals surface area contributed by atoms with Crippen LogP contribution in [-0.4, -0.2) is 43.9 Å². The van der Waals surface area contributed by atoms with Crippen LogP contribution in [-0.2, 0) is 14.3 Å². The molecule has 1 saturated carbocycles. The van der Waals surface area contributed by atoms with Gasteiger partial charge in [0.15, 0.2) is 0 Å². The highest BCUT2D eigenvalue weighted by Gasteiger charge is 2.30. The Labute approximate surface area is 127 Å². The molecule has 1 heterocycles. The third-order valence-corrected chi connectivity index (χ3v) is 4.70. The second-order valence-electron chi connectivity index (χ2n) is 6.18. The number of hydrogen-bond donors (Lipinski definition) is 2. The maximum absolute atomic E-state index is 12.0. The van der Waals surface area contributed by atoms with Gasteiger partial charge in [0.1, 0.15) is 6.10 Å². The summed E-state index contributed by atoms with van der Waals surface area (Å²) in [6.07, 6.45) is 7.77. The summed E-state index contributed by atoms with van der Waals surface area (Å²) in [7, 11) is 0. The van der Waals surface area contributed by atoms with Crippen molar-refractivity contribution in [3.8, 4) is 0 Å². The Morgan fingerprint density at radius 1 is 1.33 bits per heavy atom. The molecule has 1 saturated heterocycles. The summed E-state index contributed by atoms with van der Waals surface area (Å²) >= 11 is 0. The van der Waals surface area contributed by atoms with Crippen molar-refractivity contribution in [2.24, 2.45) is 11.7 Å². The maximum Gasteiger partial charge on any atom is 0.249 e. The van der Waals surface area contributed by atoms with Crippen molar-refractivity contribution < 1.29 is 14.3 Å². The van der Waals surface area contributed by atoms with Gasteiger partial charge in [0, 0.05) is 19.7 Å². The second-order valence-corrected chi connectivity index (χ2v) is 6.18. The van der Waals surface area contributed by atoms with Crippen molar-refractivity contribution >= 4 is 5.91 Å². The SMILES string of the molecule is CCOC(CCNC(=O)[C@@H]1CC[C@H](CN)O1)C1CCCC1. The zero-order chi connectivity index (χ0) is 15.1. The molecule has 1 amide bonds. The van der Waals surface area contributed by atoms with Gasteiger partial charge in [-0.25, -0.2) is 0 Å². The number of amides is 1. The molecule has 0 aromatic carbocycles. The number of nitrogens with two attached hydrogens (primary N) is 1. The van der Waals surface area contributed by atoms with Crippen LogP contribution in [0.3, 0.4) is 0 Å². The summed E-state index contributed by atoms with van der Waals surface area (Å²) in [5.41, 5.74) is 5.57. The first-order chi connectivity index (χ1) is 10.2. The molecule has 3 N–H and O–H groups in total. The predicted molar refractivity (Wildman–Crippen MR) is 81.9 cm³/mol. The van der Waals surface area contributed by atoms with Gasteiger partial charge >= 0.3 is 0 Å². The van der Waals surface area contributed by atoms with E-state index in [0.29, 0.717) is 25.1 Å². The van der Waals surface area contributed by atoms with Crippen molar-refractivity contribution in [3.05, 3.63) is 0 Å². The Hall–Kier alpha value is -0.650. The van der Waals surface area contributed by atoms with Crippen molar-refractivity contribution in [1.29, 1.82) is 0 Å². The van der Waals surface area contributed by atoms with Gasteiger partial charge in [-0.2, -0.15) is 0 Å². The molecule has 0 radical (unpaired) electrons. The van der Waals surface area contributed by atoms with E-state index in [0.717, 1.165) is 25.9 Å². The number of nitrogens with one attached hydrogen (secondary N) is 1. The lowest BCUT2D eigenvalue weighted by Gasteiger charge is -2.23. The summed E-state index contributed by atoms with van der Waals surface area (Å²) in [4.78, 5) is 12.0. The fourth-order valence-corrected chi connectivity index (χ4v) is 3.52. The van der Waals surface area contributed by atoms with E-state index >= 15 is 0 Å². The summed E-state index contributed by atoms with van der Waals surface area (Å²) in [6.45, 7) is 3.96. The topological polar surface area (TPSA) is 73.6 Å². The van der Waals surface area contributed by atoms with Crippen molar-refractivity contribution in [2.75, 3.05) is 19.7 Å². The summed E-state index contributed by atoms with van der Waals surface area (Å²) < 4.78 is 11.5. The molecule has 5 heteroatoms. The molecule has 0 bridgehead atoms. The van der Waals surface area contributed by atoms with Crippen LogP contribution in [0.1, 0.15) is 51.9 Å². The van der Waals surface area contributed by atoms with Gasteiger partial charge in [0.2, 0.25) is 5.91 Å². The van der Waals surface area contributed by atoms with Crippen LogP contribution in [0.15, 0.2) is 0 Å². The molecule has 3 atom stereocenters. The van der Waals surface area contributed by atoms with Crippen LogP contribution in [0, 0.1) is 5.92 Å². The van der Waals surface area contributed by atoms with Crippen LogP contribution in [0.2, 0.25) is 0 Å². The molecule has 1 aliphatic carbocycles. The largest absolute Gasteiger partial charge is 0.378 e. The first-order valence-electron chi connectivity index (χ1n) is 8.49. The van der Waals surface area contributed by atoms with Gasteiger partial charge < -0.3 is 20.5 Å². The smallest absolute Gasteiger partial charge is 0.249 e. The highest BCUT2D eigenvalue weighted by atomic mass is 16.5. The van der Waals surface area contributed by atoms with Crippen molar-refractivity contribution in [1.82, 2.24) is 5.32 Å². The molecule has 0 aromatic rings. The number of ether oxygens (including phenoxy) is 2. The van der Waals surface area contributed by atoms with E-state index in [1.807, 2.05) is 6.92 Å². The van der Waals surface area contributed by atoms with Crippen LogP contribution in [0.4, 0.5) is 0 Å². The minimum atomic E-state index is -0.310. The van der Waals surface area contributed by atoms with E-state index in [2.05, 4.69) is 5.32 Å². The normalized spacial score (nSPS) is 27.9. The first-order valence-corrected chi connectivity index (χ1v) is 8.49. The lowest BCUT2D eigenvalue weighted by Crippen LogP contribution is -2.37. The number of rotatable bonds is 8. The number of carbonyl (C=O) groups excluding carboxylic acids is 1. The lowest BCUT2D eigenvalue weighted by atomic mass is 9.98. The first kappa shape index (κ1) is 16.7. The van der Waals surface area contributed by atoms with E-state index < -0.39 is 0 Å². The minimum Gasteiger partial charge on any atom is -0.378 e. The highest BCUT2D eigenvalue weighted by molar-refractivity contribution is 5.80. The van der Waals surface area contributed by atoms with Gasteiger partial charge in [-0.05, 0) is 44.9 Å². The Morgan fingerprint density at radius 3 is 2.71 bits per heavy atom. The second kappa shape index (κ2) is 8.71. The molecular formula is C16H30N2O3. The van der Waals surface area contributed by atoms with E-state index in [4.69, 9.17) is 15.2 Å². The molecule has 5 nitrogen and oxygen atoms in total. The molecule has 1 aliphatic heterocycles. The molecule has 21 heavy (non-hydrogen) atoms. The predicted octanol–water partition coefficient (Wildman–Crippen LogP) is 1.59. The fraction of sp³-hybridized carbons (Fsp3) is 0.938. The molecular weight excluding hydrogens is 268 g/mol. The van der Waals surface area contributed by atoms with E-state index in [9.17, 15) is 4.79 Å². The Morgan fingerprint density at radius 2 is 2.10 bits per heavy atom. The maximum atomic E-state index is 12.0. The third kappa shape index (κ3) is 4.94. The van der Waals surface area contributed by atoms with Gasteiger partial charge in [-0.1, -0.05) is 12.8 Å². The van der Waals surface area contributed by atoms with Crippen molar-refractivity contribution in [2.45, 2.75) is 70.2 Å². The average molecular weight is 298 g/mol. The lowest BCUT2D eigenvalue weighted by molar-refractivity contribution is -0.132. The Kier molecular flexibility index (Phi) is 6.93. The quantitative estimate of drug-likeness (QED) is 0.714. The van der Waals surface area contributed by atoms with E-state index in [1.165, 1.54) is 25.7 Å². The van der Waals surface area contributed by atoms with Gasteiger partial charge in [-0.3, -0.25) is 4.79 Å². The van der Waals surface area contributed by atoms with E-state index in [-0.39, 0.29) is 18.1 Å². The van der Waals surface area contributed by atoms with Crippen molar-refractivity contribution in [3.63, 3.8) is 0 Å². The Balaban J connectivity index is 1.68. The van der Waals surface area contributed by atoms with Gasteiger partial charge in [-0.15, -0.1) is 0 Å². The fourth-order valence-electron chi connectivity index (χ4n) is 3.52. The summed E-state index contributed by atoms with van der Waals surface area (Å²) in [6, 6.07) is 0. The monoisotopic (exact) mass is 298 g/mol. The number of carbonyl (C=O) groups is 1. The number of hydrogen-bond acceptors (Lipinski definition) is 4. The molecule has 2 fully saturated rings. The molecule has 1 unspecified atom stereocenters. The highest BCUT2D eigenvalue weighted by Crippen LogP contribution is 2.30. The summed E-state index contributed by atoms with van der Waals surface area (Å²) in [5.74, 6) is 0.679. The zero-order valence-corrected chi connectivity index (χ0v) is 13.2. The Bertz CT molecular complexity index is 319. The van der Waals surface area contributed by atoms with Crippen LogP contribution >= 0.6 is 0 Å². The van der Waals surface area contributed by atoms with Crippen LogP contribution < -0.4 is 11.1 Å². The average Bonchev–Trinajstić information content (AvgIpc) is 3.17. The van der Waals surface area contributed by atoms with Crippen LogP contribution in [0.5, 0.6) is 0 Å². The van der Waals surface area contributed by atoms with Gasteiger partial charge in [0.05, 0.1) is 12.2 Å². The van der Waals surface area contributed by atoms with Crippen LogP contribution in [0.25, 0.3) is 0 Å². The summed E-state index contributed by atoms with van der Waals surface area (Å²) in [5, 5.41) is 3.00. The molecule has 122 valence electrons. The molecule has 2 aliphatic rings. The minimum absolute atomic E-state index is 0.00706.